The topological polar surface area (TPSA) is 73.1 Å². The van der Waals surface area contributed by atoms with Crippen molar-refractivity contribution in [1.29, 1.82) is 0 Å². The smallest absolute Gasteiger partial charge is 0.142 e. The Morgan fingerprint density at radius 2 is 2.10 bits per heavy atom. The molecule has 3 N–H and O–H groups in total. The molecular weight excluding hydrogens is 320 g/mol. The number of rotatable bonds is 4. The maximum absolute atomic E-state index is 5.92. The van der Waals surface area contributed by atoms with Gasteiger partial charge in [-0.25, -0.2) is 9.97 Å². The summed E-state index contributed by atoms with van der Waals surface area (Å²) in [6.07, 6.45) is 0.731. The monoisotopic (exact) mass is 336 g/mol. The van der Waals surface area contributed by atoms with E-state index < -0.39 is 0 Å². The van der Waals surface area contributed by atoms with Gasteiger partial charge in [0.15, 0.2) is 0 Å². The van der Waals surface area contributed by atoms with Gasteiger partial charge in [-0.2, -0.15) is 0 Å². The largest absolute Gasteiger partial charge is 0.495 e. The van der Waals surface area contributed by atoms with Crippen LogP contribution < -0.4 is 15.8 Å². The number of nitrogens with zero attached hydrogens (tertiary/aromatic N) is 2. The average molecular weight is 337 g/mol. The lowest BCUT2D eigenvalue weighted by atomic mass is 10.2. The van der Waals surface area contributed by atoms with Gasteiger partial charge < -0.3 is 15.8 Å². The van der Waals surface area contributed by atoms with Crippen LogP contribution in [0.1, 0.15) is 18.3 Å². The molecule has 2 aromatic rings. The number of nitrogens with one attached hydrogen (secondary N) is 1. The van der Waals surface area contributed by atoms with Crippen molar-refractivity contribution in [2.45, 2.75) is 20.3 Å². The minimum atomic E-state index is 0.494. The van der Waals surface area contributed by atoms with Gasteiger partial charge in [0.2, 0.25) is 0 Å². The van der Waals surface area contributed by atoms with Crippen LogP contribution in [0.15, 0.2) is 22.7 Å². The van der Waals surface area contributed by atoms with Gasteiger partial charge in [0.25, 0.3) is 0 Å². The summed E-state index contributed by atoms with van der Waals surface area (Å²) < 4.78 is 6.30. The van der Waals surface area contributed by atoms with Crippen LogP contribution in [-0.4, -0.2) is 17.1 Å². The summed E-state index contributed by atoms with van der Waals surface area (Å²) in [7, 11) is 1.63. The Morgan fingerprint density at radius 3 is 2.75 bits per heavy atom. The van der Waals surface area contributed by atoms with E-state index in [0.29, 0.717) is 17.5 Å². The number of halogens is 1. The third kappa shape index (κ3) is 3.01. The summed E-state index contributed by atoms with van der Waals surface area (Å²) in [6, 6.07) is 5.73. The van der Waals surface area contributed by atoms with E-state index in [0.717, 1.165) is 27.9 Å². The van der Waals surface area contributed by atoms with E-state index in [-0.39, 0.29) is 0 Å². The highest BCUT2D eigenvalue weighted by Crippen LogP contribution is 2.31. The highest BCUT2D eigenvalue weighted by Gasteiger charge is 2.11. The van der Waals surface area contributed by atoms with E-state index in [1.807, 2.05) is 32.0 Å². The van der Waals surface area contributed by atoms with E-state index in [1.54, 1.807) is 7.11 Å². The molecule has 106 valence electrons. The molecule has 5 nitrogen and oxygen atoms in total. The fraction of sp³-hybridized carbons (Fsp3) is 0.286. The number of benzene rings is 1. The van der Waals surface area contributed by atoms with Crippen molar-refractivity contribution < 1.29 is 4.74 Å². The first kappa shape index (κ1) is 14.6. The molecule has 0 saturated carbocycles. The minimum Gasteiger partial charge on any atom is -0.495 e. The molecule has 0 unspecified atom stereocenters. The highest BCUT2D eigenvalue weighted by molar-refractivity contribution is 9.10. The Labute approximate surface area is 126 Å². The Bertz CT molecular complexity index is 631. The second kappa shape index (κ2) is 6.09. The van der Waals surface area contributed by atoms with Crippen LogP contribution in [0.3, 0.4) is 0 Å². The number of hydrogen-bond donors (Lipinski definition) is 2. The number of ether oxygens (including phenoxy) is 1. The summed E-state index contributed by atoms with van der Waals surface area (Å²) in [4.78, 5) is 8.72. The summed E-state index contributed by atoms with van der Waals surface area (Å²) in [5, 5.41) is 3.26. The van der Waals surface area contributed by atoms with Crippen molar-refractivity contribution in [1.82, 2.24) is 9.97 Å². The van der Waals surface area contributed by atoms with Gasteiger partial charge >= 0.3 is 0 Å². The fourth-order valence-corrected chi connectivity index (χ4v) is 2.13. The quantitative estimate of drug-likeness (QED) is 0.894. The first-order chi connectivity index (χ1) is 9.55. The molecular formula is C14H17BrN4O. The highest BCUT2D eigenvalue weighted by atomic mass is 79.9. The van der Waals surface area contributed by atoms with E-state index in [2.05, 4.69) is 31.2 Å². The fourth-order valence-electron chi connectivity index (χ4n) is 1.77. The minimum absolute atomic E-state index is 0.494. The van der Waals surface area contributed by atoms with E-state index in [1.165, 1.54) is 0 Å². The van der Waals surface area contributed by atoms with Gasteiger partial charge in [-0.15, -0.1) is 0 Å². The van der Waals surface area contributed by atoms with Crippen LogP contribution in [0, 0.1) is 6.92 Å². The zero-order valence-corrected chi connectivity index (χ0v) is 13.3. The standard InChI is InChI=1S/C14H17BrN4O/c1-4-12-18-13(16)8(2)14(19-12)17-10-7-9(15)5-6-11(10)20-3/h5-7H,4H2,1-3H3,(H3,16,17,18,19). The average Bonchev–Trinajstić information content (AvgIpc) is 2.44. The molecule has 0 saturated heterocycles. The van der Waals surface area contributed by atoms with Gasteiger partial charge in [-0.05, 0) is 25.1 Å². The maximum Gasteiger partial charge on any atom is 0.142 e. The molecule has 1 aromatic heterocycles. The van der Waals surface area contributed by atoms with Gasteiger partial charge in [-0.1, -0.05) is 22.9 Å². The van der Waals surface area contributed by atoms with Crippen LogP contribution in [-0.2, 0) is 6.42 Å². The van der Waals surface area contributed by atoms with Crippen LogP contribution >= 0.6 is 15.9 Å². The molecule has 0 fully saturated rings. The first-order valence-electron chi connectivity index (χ1n) is 6.28. The molecule has 0 aliphatic heterocycles. The lowest BCUT2D eigenvalue weighted by Gasteiger charge is -2.14. The molecule has 0 spiro atoms. The first-order valence-corrected chi connectivity index (χ1v) is 7.08. The predicted molar refractivity (Wildman–Crippen MR) is 84.5 cm³/mol. The van der Waals surface area contributed by atoms with Crippen LogP contribution in [0.2, 0.25) is 0 Å². The molecule has 2 rings (SSSR count). The molecule has 0 bridgehead atoms. The number of aromatic nitrogens is 2. The number of aryl methyl sites for hydroxylation is 1. The molecule has 20 heavy (non-hydrogen) atoms. The number of methoxy groups -OCH3 is 1. The van der Waals surface area contributed by atoms with Gasteiger partial charge in [-0.3, -0.25) is 0 Å². The second-order valence-electron chi connectivity index (χ2n) is 4.32. The van der Waals surface area contributed by atoms with Crippen molar-refractivity contribution in [3.63, 3.8) is 0 Å². The third-order valence-electron chi connectivity index (χ3n) is 2.96. The summed E-state index contributed by atoms with van der Waals surface area (Å²) in [5.41, 5.74) is 7.57. The Balaban J connectivity index is 2.44. The molecule has 0 aliphatic carbocycles. The van der Waals surface area contributed by atoms with Gasteiger partial charge in [0.05, 0.1) is 12.8 Å². The number of anilines is 3. The van der Waals surface area contributed by atoms with E-state index in [9.17, 15) is 0 Å². The Kier molecular flexibility index (Phi) is 4.44. The van der Waals surface area contributed by atoms with Crippen LogP contribution in [0.4, 0.5) is 17.3 Å². The van der Waals surface area contributed by atoms with E-state index in [4.69, 9.17) is 10.5 Å². The predicted octanol–water partition coefficient (Wildman–Crippen LogP) is 3.44. The molecule has 0 aliphatic rings. The zero-order chi connectivity index (χ0) is 14.7. The summed E-state index contributed by atoms with van der Waals surface area (Å²) in [6.45, 7) is 3.88. The normalized spacial score (nSPS) is 10.4. The maximum atomic E-state index is 5.92. The molecule has 0 atom stereocenters. The number of nitrogen functional groups attached to an aromatic ring is 1. The van der Waals surface area contributed by atoms with Crippen molar-refractivity contribution in [3.8, 4) is 5.75 Å². The lowest BCUT2D eigenvalue weighted by molar-refractivity contribution is 0.416. The lowest BCUT2D eigenvalue weighted by Crippen LogP contribution is -2.07. The summed E-state index contributed by atoms with van der Waals surface area (Å²) >= 11 is 3.45. The van der Waals surface area contributed by atoms with E-state index >= 15 is 0 Å². The Hall–Kier alpha value is -1.82. The van der Waals surface area contributed by atoms with Crippen molar-refractivity contribution in [2.75, 3.05) is 18.2 Å². The molecule has 0 amide bonds. The van der Waals surface area contributed by atoms with Gasteiger partial charge in [0, 0.05) is 16.5 Å². The van der Waals surface area contributed by atoms with Crippen molar-refractivity contribution >= 4 is 33.3 Å². The second-order valence-corrected chi connectivity index (χ2v) is 5.24. The molecule has 1 heterocycles. The number of nitrogens with two attached hydrogens (primary N) is 1. The molecule has 6 heteroatoms. The summed E-state index contributed by atoms with van der Waals surface area (Å²) in [5.74, 6) is 2.64. The van der Waals surface area contributed by atoms with Crippen molar-refractivity contribution in [2.24, 2.45) is 0 Å². The van der Waals surface area contributed by atoms with Crippen LogP contribution in [0.5, 0.6) is 5.75 Å². The SMILES string of the molecule is CCc1nc(N)c(C)c(Nc2cc(Br)ccc2OC)n1. The molecule has 1 aromatic carbocycles. The zero-order valence-electron chi connectivity index (χ0n) is 11.7. The van der Waals surface area contributed by atoms with Crippen molar-refractivity contribution in [3.05, 3.63) is 34.1 Å². The van der Waals surface area contributed by atoms with Gasteiger partial charge in [0.1, 0.15) is 23.2 Å². The molecule has 0 radical (unpaired) electrons. The number of hydrogen-bond acceptors (Lipinski definition) is 5. The third-order valence-corrected chi connectivity index (χ3v) is 3.45. The Morgan fingerprint density at radius 1 is 1.35 bits per heavy atom. The van der Waals surface area contributed by atoms with Crippen LogP contribution in [0.25, 0.3) is 0 Å².